The van der Waals surface area contributed by atoms with E-state index in [9.17, 15) is 5.11 Å². The molecule has 0 saturated carbocycles. The molecule has 0 aliphatic heterocycles. The molecule has 4 heteroatoms. The smallest absolute Gasteiger partial charge is 0.133 e. The maximum absolute atomic E-state index is 9.33. The SMILES string of the molecule is COc1cc(C(N)C(C)O)ccc1Br. The van der Waals surface area contributed by atoms with E-state index >= 15 is 0 Å². The molecule has 1 aromatic carbocycles. The van der Waals surface area contributed by atoms with Gasteiger partial charge in [0.05, 0.1) is 23.7 Å². The van der Waals surface area contributed by atoms with E-state index in [1.807, 2.05) is 18.2 Å². The third kappa shape index (κ3) is 2.47. The van der Waals surface area contributed by atoms with E-state index in [4.69, 9.17) is 10.5 Å². The van der Waals surface area contributed by atoms with Crippen molar-refractivity contribution in [2.24, 2.45) is 5.73 Å². The van der Waals surface area contributed by atoms with Crippen LogP contribution in [0.25, 0.3) is 0 Å². The second kappa shape index (κ2) is 4.77. The van der Waals surface area contributed by atoms with Gasteiger partial charge in [-0.2, -0.15) is 0 Å². The molecule has 0 radical (unpaired) electrons. The molecule has 2 unspecified atom stereocenters. The lowest BCUT2D eigenvalue weighted by molar-refractivity contribution is 0.164. The van der Waals surface area contributed by atoms with Crippen molar-refractivity contribution in [1.29, 1.82) is 0 Å². The number of aliphatic hydroxyl groups excluding tert-OH is 1. The average molecular weight is 260 g/mol. The van der Waals surface area contributed by atoms with Gasteiger partial charge >= 0.3 is 0 Å². The first-order valence-electron chi connectivity index (χ1n) is 4.33. The Labute approximate surface area is 92.0 Å². The fourth-order valence-electron chi connectivity index (χ4n) is 1.16. The molecule has 1 aromatic rings. The zero-order valence-corrected chi connectivity index (χ0v) is 9.78. The molecule has 0 aliphatic carbocycles. The molecule has 0 aliphatic rings. The summed E-state index contributed by atoms with van der Waals surface area (Å²) >= 11 is 3.35. The Kier molecular flexibility index (Phi) is 3.92. The number of methoxy groups -OCH3 is 1. The van der Waals surface area contributed by atoms with Gasteiger partial charge in [-0.25, -0.2) is 0 Å². The first-order chi connectivity index (χ1) is 6.56. The molecule has 3 N–H and O–H groups in total. The van der Waals surface area contributed by atoms with Crippen LogP contribution >= 0.6 is 15.9 Å². The summed E-state index contributed by atoms with van der Waals surface area (Å²) in [7, 11) is 1.60. The van der Waals surface area contributed by atoms with Gasteiger partial charge in [0.15, 0.2) is 0 Å². The minimum absolute atomic E-state index is 0.378. The fraction of sp³-hybridized carbons (Fsp3) is 0.400. The van der Waals surface area contributed by atoms with Gasteiger partial charge in [0, 0.05) is 0 Å². The van der Waals surface area contributed by atoms with E-state index in [0.29, 0.717) is 0 Å². The average Bonchev–Trinajstić information content (AvgIpc) is 2.17. The van der Waals surface area contributed by atoms with E-state index in [0.717, 1.165) is 15.8 Å². The summed E-state index contributed by atoms with van der Waals surface area (Å²) < 4.78 is 6.01. The van der Waals surface area contributed by atoms with Crippen LogP contribution in [0.5, 0.6) is 5.75 Å². The van der Waals surface area contributed by atoms with Gasteiger partial charge in [0.2, 0.25) is 0 Å². The summed E-state index contributed by atoms with van der Waals surface area (Å²) in [5.74, 6) is 0.721. The van der Waals surface area contributed by atoms with Gasteiger partial charge in [-0.3, -0.25) is 0 Å². The zero-order chi connectivity index (χ0) is 10.7. The fourth-order valence-corrected chi connectivity index (χ4v) is 1.57. The Morgan fingerprint density at radius 3 is 2.64 bits per heavy atom. The lowest BCUT2D eigenvalue weighted by atomic mass is 10.0. The molecule has 0 saturated heterocycles. The first-order valence-corrected chi connectivity index (χ1v) is 5.12. The van der Waals surface area contributed by atoms with Crippen molar-refractivity contribution in [3.05, 3.63) is 28.2 Å². The van der Waals surface area contributed by atoms with Crippen LogP contribution in [0.1, 0.15) is 18.5 Å². The molecular formula is C10H14BrNO2. The van der Waals surface area contributed by atoms with Crippen molar-refractivity contribution in [3.63, 3.8) is 0 Å². The Morgan fingerprint density at radius 1 is 1.50 bits per heavy atom. The summed E-state index contributed by atoms with van der Waals surface area (Å²) in [6.07, 6.45) is -0.569. The lowest BCUT2D eigenvalue weighted by Crippen LogP contribution is -2.23. The Balaban J connectivity index is 3.00. The molecule has 0 spiro atoms. The summed E-state index contributed by atoms with van der Waals surface area (Å²) in [5.41, 5.74) is 6.65. The van der Waals surface area contributed by atoms with Crippen LogP contribution in [-0.4, -0.2) is 18.3 Å². The Bertz CT molecular complexity index is 315. The quantitative estimate of drug-likeness (QED) is 0.871. The predicted molar refractivity (Wildman–Crippen MR) is 59.3 cm³/mol. The molecule has 0 aromatic heterocycles. The molecule has 3 nitrogen and oxygen atoms in total. The van der Waals surface area contributed by atoms with Crippen LogP contribution in [0.2, 0.25) is 0 Å². The molecule has 1 rings (SSSR count). The van der Waals surface area contributed by atoms with Gasteiger partial charge in [-0.1, -0.05) is 6.07 Å². The van der Waals surface area contributed by atoms with Crippen molar-refractivity contribution in [1.82, 2.24) is 0 Å². The second-order valence-electron chi connectivity index (χ2n) is 3.16. The van der Waals surface area contributed by atoms with Crippen LogP contribution in [0.15, 0.2) is 22.7 Å². The topological polar surface area (TPSA) is 55.5 Å². The van der Waals surface area contributed by atoms with Crippen molar-refractivity contribution < 1.29 is 9.84 Å². The van der Waals surface area contributed by atoms with Crippen LogP contribution in [0, 0.1) is 0 Å². The second-order valence-corrected chi connectivity index (χ2v) is 4.01. The largest absolute Gasteiger partial charge is 0.496 e. The van der Waals surface area contributed by atoms with Crippen LogP contribution in [0.3, 0.4) is 0 Å². The maximum Gasteiger partial charge on any atom is 0.133 e. The van der Waals surface area contributed by atoms with Crippen molar-refractivity contribution in [2.45, 2.75) is 19.1 Å². The minimum atomic E-state index is -0.569. The highest BCUT2D eigenvalue weighted by Crippen LogP contribution is 2.28. The summed E-state index contributed by atoms with van der Waals surface area (Å²) in [4.78, 5) is 0. The van der Waals surface area contributed by atoms with Gasteiger partial charge in [-0.05, 0) is 40.5 Å². The van der Waals surface area contributed by atoms with E-state index in [1.165, 1.54) is 0 Å². The zero-order valence-electron chi connectivity index (χ0n) is 8.20. The van der Waals surface area contributed by atoms with Gasteiger partial charge < -0.3 is 15.6 Å². The number of hydrogen-bond donors (Lipinski definition) is 2. The molecule has 0 heterocycles. The highest BCUT2D eigenvalue weighted by molar-refractivity contribution is 9.10. The Hall–Kier alpha value is -0.580. The number of aliphatic hydroxyl groups is 1. The van der Waals surface area contributed by atoms with Gasteiger partial charge in [0.1, 0.15) is 5.75 Å². The molecule has 0 bridgehead atoms. The van der Waals surface area contributed by atoms with Crippen LogP contribution < -0.4 is 10.5 Å². The van der Waals surface area contributed by atoms with Crippen molar-refractivity contribution in [3.8, 4) is 5.75 Å². The number of hydrogen-bond acceptors (Lipinski definition) is 3. The molecule has 2 atom stereocenters. The number of benzene rings is 1. The maximum atomic E-state index is 9.33. The van der Waals surface area contributed by atoms with Crippen molar-refractivity contribution >= 4 is 15.9 Å². The van der Waals surface area contributed by atoms with E-state index in [-0.39, 0.29) is 6.04 Å². The number of halogens is 1. The van der Waals surface area contributed by atoms with Gasteiger partial charge in [0.25, 0.3) is 0 Å². The van der Waals surface area contributed by atoms with Crippen molar-refractivity contribution in [2.75, 3.05) is 7.11 Å². The normalized spacial score (nSPS) is 14.9. The third-order valence-corrected chi connectivity index (χ3v) is 2.73. The summed E-state index contributed by atoms with van der Waals surface area (Å²) in [5, 5.41) is 9.33. The van der Waals surface area contributed by atoms with Gasteiger partial charge in [-0.15, -0.1) is 0 Å². The molecular weight excluding hydrogens is 246 g/mol. The first kappa shape index (κ1) is 11.5. The minimum Gasteiger partial charge on any atom is -0.496 e. The number of nitrogens with two attached hydrogens (primary N) is 1. The predicted octanol–water partition coefficient (Wildman–Crippen LogP) is 1.84. The highest BCUT2D eigenvalue weighted by Gasteiger charge is 2.13. The third-order valence-electron chi connectivity index (χ3n) is 2.08. The summed E-state index contributed by atoms with van der Waals surface area (Å²) in [6.45, 7) is 1.67. The molecule has 0 fully saturated rings. The summed E-state index contributed by atoms with van der Waals surface area (Å²) in [6, 6.07) is 5.17. The van der Waals surface area contributed by atoms with E-state index < -0.39 is 6.10 Å². The highest BCUT2D eigenvalue weighted by atomic mass is 79.9. The molecule has 78 valence electrons. The van der Waals surface area contributed by atoms with Crippen LogP contribution in [-0.2, 0) is 0 Å². The molecule has 14 heavy (non-hydrogen) atoms. The lowest BCUT2D eigenvalue weighted by Gasteiger charge is -2.16. The van der Waals surface area contributed by atoms with E-state index in [2.05, 4.69) is 15.9 Å². The standard InChI is InChI=1S/C10H14BrNO2/c1-6(13)10(12)7-3-4-8(11)9(5-7)14-2/h3-6,10,13H,12H2,1-2H3. The Morgan fingerprint density at radius 2 is 2.14 bits per heavy atom. The number of rotatable bonds is 3. The van der Waals surface area contributed by atoms with Crippen LogP contribution in [0.4, 0.5) is 0 Å². The van der Waals surface area contributed by atoms with E-state index in [1.54, 1.807) is 14.0 Å². The monoisotopic (exact) mass is 259 g/mol. The molecule has 0 amide bonds. The number of ether oxygens (including phenoxy) is 1.